The second-order valence-electron chi connectivity index (χ2n) is 8.16. The van der Waals surface area contributed by atoms with Crippen molar-refractivity contribution in [3.05, 3.63) is 95.3 Å². The monoisotopic (exact) mass is 603 g/mol. The van der Waals surface area contributed by atoms with E-state index in [0.717, 1.165) is 23.9 Å². The van der Waals surface area contributed by atoms with Crippen molar-refractivity contribution in [3.8, 4) is 0 Å². The molecule has 0 N–H and O–H groups in total. The van der Waals surface area contributed by atoms with E-state index in [-0.39, 0.29) is 35.0 Å². The lowest BCUT2D eigenvalue weighted by molar-refractivity contribution is -0.685. The molecule has 0 bridgehead atoms. The Labute approximate surface area is 232 Å². The van der Waals surface area contributed by atoms with E-state index in [2.05, 4.69) is 0 Å². The van der Waals surface area contributed by atoms with E-state index in [1.54, 1.807) is 44.8 Å². The van der Waals surface area contributed by atoms with Crippen LogP contribution in [-0.2, 0) is 19.3 Å². The number of hydrogen-bond donors (Lipinski definition) is 0. The summed E-state index contributed by atoms with van der Waals surface area (Å²) in [5.41, 5.74) is -0.351. The van der Waals surface area contributed by atoms with Crippen LogP contribution < -0.4 is 36.6 Å². The zero-order valence-corrected chi connectivity index (χ0v) is 23.1. The SMILES string of the molecule is CCn1c(=O)/c(=C2\Sc3c(ccc(F)c3F)N2C)s/c1=C\c1scc[n+]1Cc1ccccc1C(F)(F)F.[Cl-]. The molecule has 0 aliphatic carbocycles. The molecule has 0 atom stereocenters. The van der Waals surface area contributed by atoms with Gasteiger partial charge in [0.1, 0.15) is 14.2 Å². The van der Waals surface area contributed by atoms with Gasteiger partial charge < -0.3 is 17.3 Å². The van der Waals surface area contributed by atoms with Gasteiger partial charge >= 0.3 is 6.18 Å². The van der Waals surface area contributed by atoms with Crippen LogP contribution in [0.15, 0.2) is 57.7 Å². The molecule has 5 rings (SSSR count). The Bertz CT molecular complexity index is 1690. The van der Waals surface area contributed by atoms with Gasteiger partial charge in [-0.3, -0.25) is 9.36 Å². The smallest absolute Gasteiger partial charge is 0.416 e. The molecule has 0 unspecified atom stereocenters. The fourth-order valence-electron chi connectivity index (χ4n) is 4.11. The lowest BCUT2D eigenvalue weighted by atomic mass is 10.1. The van der Waals surface area contributed by atoms with Gasteiger partial charge in [0.2, 0.25) is 0 Å². The molecule has 1 aliphatic rings. The van der Waals surface area contributed by atoms with Gasteiger partial charge in [-0.15, -0.1) is 11.3 Å². The molecule has 0 saturated heterocycles. The number of rotatable bonds is 4. The number of hydrogen-bond acceptors (Lipinski definition) is 5. The second-order valence-corrected chi connectivity index (χ2v) is 11.1. The summed E-state index contributed by atoms with van der Waals surface area (Å²) >= 11 is 3.55. The fourth-order valence-corrected chi connectivity index (χ4v) is 7.45. The number of fused-ring (bicyclic) bond motifs is 1. The van der Waals surface area contributed by atoms with Crippen molar-refractivity contribution in [3.63, 3.8) is 0 Å². The maximum absolute atomic E-state index is 14.4. The van der Waals surface area contributed by atoms with Gasteiger partial charge in [0.05, 0.1) is 27.6 Å². The summed E-state index contributed by atoms with van der Waals surface area (Å²) < 4.78 is 72.9. The molecule has 38 heavy (non-hydrogen) atoms. The number of aromatic nitrogens is 2. The standard InChI is InChI=1S/C25H19F5N3OS3.ClH/c1-3-33-19(12-18-32(10-11-35-18)13-14-6-4-5-7-15(14)25(28,29)30)36-22(23(33)34)24-31(2)17-9-8-16(26)20(27)21(17)37-24;/h4-12H,3,13H2,1-2H3;1H/q+1;/p-1/b24-22+;. The molecule has 4 aromatic rings. The van der Waals surface area contributed by atoms with E-state index in [1.165, 1.54) is 40.9 Å². The first-order chi connectivity index (χ1) is 17.6. The van der Waals surface area contributed by atoms with Crippen molar-refractivity contribution >= 4 is 51.2 Å². The summed E-state index contributed by atoms with van der Waals surface area (Å²) in [6.45, 7) is 2.19. The number of anilines is 1. The molecule has 0 spiro atoms. The topological polar surface area (TPSA) is 29.1 Å². The molecule has 4 nitrogen and oxygen atoms in total. The number of benzene rings is 2. The number of thiazole rings is 2. The molecule has 0 amide bonds. The summed E-state index contributed by atoms with van der Waals surface area (Å²) in [5, 5.41) is 2.93. The summed E-state index contributed by atoms with van der Waals surface area (Å²) in [6.07, 6.45) is -0.992. The average Bonchev–Trinajstić information content (AvgIpc) is 3.52. The van der Waals surface area contributed by atoms with Crippen molar-refractivity contribution in [2.45, 2.75) is 31.1 Å². The van der Waals surface area contributed by atoms with Gasteiger partial charge in [-0.25, -0.2) is 8.78 Å². The van der Waals surface area contributed by atoms with Gasteiger partial charge in [-0.05, 0) is 25.1 Å². The van der Waals surface area contributed by atoms with E-state index < -0.39 is 23.4 Å². The molecule has 13 heteroatoms. The van der Waals surface area contributed by atoms with Gasteiger partial charge in [0.25, 0.3) is 10.6 Å². The molecular weight excluding hydrogens is 585 g/mol. The minimum Gasteiger partial charge on any atom is -1.00 e. The van der Waals surface area contributed by atoms with E-state index >= 15 is 0 Å². The van der Waals surface area contributed by atoms with Gasteiger partial charge in [-0.1, -0.05) is 41.3 Å². The van der Waals surface area contributed by atoms with Crippen LogP contribution in [0.4, 0.5) is 27.6 Å². The first-order valence-electron chi connectivity index (χ1n) is 11.1. The molecule has 2 aromatic carbocycles. The molecule has 0 saturated carbocycles. The molecule has 200 valence electrons. The number of thioether (sulfide) groups is 1. The largest absolute Gasteiger partial charge is 1.00 e. The highest BCUT2D eigenvalue weighted by atomic mass is 35.5. The van der Waals surface area contributed by atoms with Crippen molar-refractivity contribution < 1.29 is 38.9 Å². The van der Waals surface area contributed by atoms with Crippen LogP contribution in [-0.4, -0.2) is 11.6 Å². The van der Waals surface area contributed by atoms with Crippen LogP contribution >= 0.6 is 34.4 Å². The lowest BCUT2D eigenvalue weighted by Crippen LogP contribution is -3.00. The minimum absolute atomic E-state index is 0. The van der Waals surface area contributed by atoms with Gasteiger partial charge in [0.15, 0.2) is 24.4 Å². The lowest BCUT2D eigenvalue weighted by Gasteiger charge is -2.12. The Balaban J connectivity index is 0.00000336. The van der Waals surface area contributed by atoms with Crippen LogP contribution in [0.5, 0.6) is 0 Å². The molecule has 3 heterocycles. The van der Waals surface area contributed by atoms with Crippen LogP contribution in [0, 0.1) is 11.6 Å². The second kappa shape index (κ2) is 10.8. The maximum Gasteiger partial charge on any atom is 0.416 e. The highest BCUT2D eigenvalue weighted by Gasteiger charge is 2.34. The molecule has 1 aliphatic heterocycles. The highest BCUT2D eigenvalue weighted by Crippen LogP contribution is 2.47. The van der Waals surface area contributed by atoms with Crippen LogP contribution in [0.25, 0.3) is 11.1 Å². The molecular formula is C25H19ClF5N3OS3. The Morgan fingerprint density at radius 2 is 1.84 bits per heavy atom. The third-order valence-electron chi connectivity index (χ3n) is 5.94. The van der Waals surface area contributed by atoms with E-state index in [1.807, 2.05) is 6.92 Å². The maximum atomic E-state index is 14.4. The van der Waals surface area contributed by atoms with E-state index in [9.17, 15) is 26.7 Å². The number of alkyl halides is 3. The quantitative estimate of drug-likeness (QED) is 0.263. The van der Waals surface area contributed by atoms with Gasteiger partial charge in [0, 0.05) is 19.2 Å². The highest BCUT2D eigenvalue weighted by molar-refractivity contribution is 8.08. The van der Waals surface area contributed by atoms with Crippen molar-refractivity contribution in [1.29, 1.82) is 0 Å². The van der Waals surface area contributed by atoms with Crippen LogP contribution in [0.2, 0.25) is 0 Å². The normalized spacial score (nSPS) is 15.1. The minimum atomic E-state index is -4.47. The van der Waals surface area contributed by atoms with E-state index in [4.69, 9.17) is 0 Å². The van der Waals surface area contributed by atoms with Crippen molar-refractivity contribution in [2.24, 2.45) is 0 Å². The third-order valence-corrected chi connectivity index (χ3v) is 9.30. The number of nitrogens with zero attached hydrogens (tertiary/aromatic N) is 3. The molecule has 0 radical (unpaired) electrons. The van der Waals surface area contributed by atoms with Crippen LogP contribution in [0.3, 0.4) is 0 Å². The van der Waals surface area contributed by atoms with Gasteiger partial charge in [-0.2, -0.15) is 17.7 Å². The predicted molar refractivity (Wildman–Crippen MR) is 136 cm³/mol. The Kier molecular flexibility index (Phi) is 8.08. The zero-order chi connectivity index (χ0) is 26.5. The third kappa shape index (κ3) is 5.02. The summed E-state index contributed by atoms with van der Waals surface area (Å²) in [6, 6.07) is 7.97. The first-order valence-corrected chi connectivity index (χ1v) is 13.6. The van der Waals surface area contributed by atoms with Crippen molar-refractivity contribution in [1.82, 2.24) is 4.57 Å². The Hall–Kier alpha value is -2.67. The first kappa shape index (κ1) is 28.3. The zero-order valence-electron chi connectivity index (χ0n) is 19.9. The van der Waals surface area contributed by atoms with Crippen LogP contribution in [0.1, 0.15) is 23.1 Å². The number of halogens is 6. The Morgan fingerprint density at radius 3 is 2.55 bits per heavy atom. The molecule has 2 aromatic heterocycles. The summed E-state index contributed by atoms with van der Waals surface area (Å²) in [7, 11) is 1.69. The summed E-state index contributed by atoms with van der Waals surface area (Å²) in [5.74, 6) is -1.91. The Morgan fingerprint density at radius 1 is 1.11 bits per heavy atom. The predicted octanol–water partition coefficient (Wildman–Crippen LogP) is 1.76. The van der Waals surface area contributed by atoms with Crippen molar-refractivity contribution in [2.75, 3.05) is 11.9 Å². The fraction of sp³-hybridized carbons (Fsp3) is 0.200. The van der Waals surface area contributed by atoms with E-state index in [0.29, 0.717) is 31.5 Å². The molecule has 0 fully saturated rings. The summed E-state index contributed by atoms with van der Waals surface area (Å²) in [4.78, 5) is 15.1. The average molecular weight is 604 g/mol.